The molecule has 1 aliphatic carbocycles. The topological polar surface area (TPSA) is 34.4 Å². The highest BCUT2D eigenvalue weighted by Crippen LogP contribution is 2.45. The average Bonchev–Trinajstić information content (AvgIpc) is 3.04. The molecule has 0 amide bonds. The highest BCUT2D eigenvalue weighted by atomic mass is 127. The molecule has 5 rings (SSSR count). The zero-order valence-electron chi connectivity index (χ0n) is 16.3. The Labute approximate surface area is 188 Å². The first-order valence-corrected chi connectivity index (χ1v) is 11.1. The fourth-order valence-electron chi connectivity index (χ4n) is 4.18. The number of hydrogen-bond acceptors (Lipinski definition) is 2. The Kier molecular flexibility index (Phi) is 5.25. The van der Waals surface area contributed by atoms with Crippen molar-refractivity contribution in [3.05, 3.63) is 93.4 Å². The molecule has 1 aromatic heterocycles. The number of ether oxygens (including phenoxy) is 1. The number of benzene rings is 3. The zero-order chi connectivity index (χ0) is 20.7. The molecule has 0 aliphatic heterocycles. The number of aliphatic hydroxyl groups is 1. The van der Waals surface area contributed by atoms with E-state index in [4.69, 9.17) is 4.74 Å². The van der Waals surface area contributed by atoms with E-state index in [1.807, 2.05) is 30.3 Å². The van der Waals surface area contributed by atoms with Crippen LogP contribution in [0, 0.1) is 9.39 Å². The first-order valence-electron chi connectivity index (χ1n) is 10.1. The molecule has 0 atom stereocenters. The summed E-state index contributed by atoms with van der Waals surface area (Å²) in [5.74, 6) is 0.853. The maximum Gasteiger partial charge on any atom is 0.130 e. The highest BCUT2D eigenvalue weighted by Gasteiger charge is 2.34. The molecule has 0 spiro atoms. The van der Waals surface area contributed by atoms with Gasteiger partial charge in [-0.3, -0.25) is 0 Å². The van der Waals surface area contributed by atoms with Gasteiger partial charge in [0.25, 0.3) is 0 Å². The van der Waals surface area contributed by atoms with Crippen molar-refractivity contribution >= 4 is 33.5 Å². The molecule has 1 N–H and O–H groups in total. The average molecular weight is 513 g/mol. The molecule has 0 unspecified atom stereocenters. The van der Waals surface area contributed by atoms with Crippen LogP contribution in [0.5, 0.6) is 5.75 Å². The lowest BCUT2D eigenvalue weighted by Gasteiger charge is -2.33. The maximum atomic E-state index is 13.6. The third-order valence-electron chi connectivity index (χ3n) is 5.75. The van der Waals surface area contributed by atoms with E-state index in [2.05, 4.69) is 45.4 Å². The van der Waals surface area contributed by atoms with Crippen LogP contribution in [0.4, 0.5) is 4.39 Å². The number of fused-ring (bicyclic) bond motifs is 1. The van der Waals surface area contributed by atoms with Gasteiger partial charge in [-0.15, -0.1) is 0 Å². The minimum absolute atomic E-state index is 0.251. The van der Waals surface area contributed by atoms with Crippen molar-refractivity contribution in [2.75, 3.05) is 0 Å². The Morgan fingerprint density at radius 1 is 0.967 bits per heavy atom. The Balaban J connectivity index is 1.64. The SMILES string of the molecule is O[C@H]1C[C@@H](c2c(I)c3c(OCc4ccccc4)cccc3n2-c2ccc(F)cc2)C1. The molecular weight excluding hydrogens is 492 g/mol. The number of halogens is 2. The largest absolute Gasteiger partial charge is 0.488 e. The molecule has 1 aliphatic rings. The first kappa shape index (κ1) is 19.6. The van der Waals surface area contributed by atoms with Crippen molar-refractivity contribution in [1.82, 2.24) is 4.57 Å². The van der Waals surface area contributed by atoms with Gasteiger partial charge >= 0.3 is 0 Å². The number of rotatable bonds is 5. The van der Waals surface area contributed by atoms with Crippen molar-refractivity contribution in [2.45, 2.75) is 31.5 Å². The summed E-state index contributed by atoms with van der Waals surface area (Å²) in [5, 5.41) is 11.0. The Morgan fingerprint density at radius 2 is 1.70 bits per heavy atom. The van der Waals surface area contributed by atoms with E-state index >= 15 is 0 Å². The van der Waals surface area contributed by atoms with Gasteiger partial charge < -0.3 is 14.4 Å². The van der Waals surface area contributed by atoms with Crippen LogP contribution in [0.3, 0.4) is 0 Å². The fraction of sp³-hybridized carbons (Fsp3) is 0.200. The molecular formula is C25H21FINO2. The van der Waals surface area contributed by atoms with Gasteiger partial charge in [-0.2, -0.15) is 0 Å². The van der Waals surface area contributed by atoms with Crippen LogP contribution < -0.4 is 4.74 Å². The predicted molar refractivity (Wildman–Crippen MR) is 125 cm³/mol. The van der Waals surface area contributed by atoms with Crippen LogP contribution in [0.15, 0.2) is 72.8 Å². The maximum absolute atomic E-state index is 13.6. The zero-order valence-corrected chi connectivity index (χ0v) is 18.4. The van der Waals surface area contributed by atoms with Gasteiger partial charge in [-0.1, -0.05) is 36.4 Å². The van der Waals surface area contributed by atoms with Gasteiger partial charge in [-0.05, 0) is 77.4 Å². The van der Waals surface area contributed by atoms with Crippen LogP contribution in [0.25, 0.3) is 16.6 Å². The van der Waals surface area contributed by atoms with Crippen LogP contribution in [-0.2, 0) is 6.61 Å². The van der Waals surface area contributed by atoms with Crippen molar-refractivity contribution in [3.63, 3.8) is 0 Å². The Hall–Kier alpha value is -2.38. The minimum atomic E-state index is -0.252. The molecule has 1 fully saturated rings. The van der Waals surface area contributed by atoms with E-state index in [1.54, 1.807) is 12.1 Å². The molecule has 3 nitrogen and oxygen atoms in total. The summed E-state index contributed by atoms with van der Waals surface area (Å²) >= 11 is 2.40. The molecule has 3 aromatic carbocycles. The van der Waals surface area contributed by atoms with E-state index in [9.17, 15) is 9.50 Å². The van der Waals surface area contributed by atoms with Crippen molar-refractivity contribution in [2.24, 2.45) is 0 Å². The van der Waals surface area contributed by atoms with Crippen molar-refractivity contribution in [1.29, 1.82) is 0 Å². The normalized spacial score (nSPS) is 18.4. The molecule has 0 bridgehead atoms. The highest BCUT2D eigenvalue weighted by molar-refractivity contribution is 14.1. The molecule has 30 heavy (non-hydrogen) atoms. The molecule has 4 aromatic rings. The van der Waals surface area contributed by atoms with Crippen LogP contribution in [0.1, 0.15) is 30.0 Å². The van der Waals surface area contributed by atoms with E-state index in [0.717, 1.165) is 44.3 Å². The lowest BCUT2D eigenvalue weighted by atomic mass is 9.80. The number of nitrogens with zero attached hydrogens (tertiary/aromatic N) is 1. The Morgan fingerprint density at radius 3 is 2.40 bits per heavy atom. The van der Waals surface area contributed by atoms with Crippen LogP contribution in [0.2, 0.25) is 0 Å². The standard InChI is InChI=1S/C25H21FINO2/c26-18-9-11-19(12-10-18)28-21-7-4-8-22(30-15-16-5-2-1-3-6-16)23(21)24(27)25(28)17-13-20(29)14-17/h1-12,17,20,29H,13-15H2/t17-,20+. The number of aliphatic hydroxyl groups excluding tert-OH is 1. The lowest BCUT2D eigenvalue weighted by Crippen LogP contribution is -2.28. The van der Waals surface area contributed by atoms with Crippen LogP contribution in [-0.4, -0.2) is 15.8 Å². The second kappa shape index (κ2) is 8.04. The molecule has 1 saturated carbocycles. The van der Waals surface area contributed by atoms with Gasteiger partial charge in [0.05, 0.1) is 17.0 Å². The number of hydrogen-bond donors (Lipinski definition) is 1. The summed E-state index contributed by atoms with van der Waals surface area (Å²) in [5.41, 5.74) is 4.23. The van der Waals surface area contributed by atoms with Crippen molar-refractivity contribution in [3.8, 4) is 11.4 Å². The monoisotopic (exact) mass is 513 g/mol. The van der Waals surface area contributed by atoms with Gasteiger partial charge in [0, 0.05) is 20.9 Å². The third kappa shape index (κ3) is 3.50. The second-order valence-electron chi connectivity index (χ2n) is 7.76. The van der Waals surface area contributed by atoms with Crippen LogP contribution >= 0.6 is 22.6 Å². The minimum Gasteiger partial charge on any atom is -0.488 e. The third-order valence-corrected chi connectivity index (χ3v) is 6.84. The van der Waals surface area contributed by atoms with E-state index in [1.165, 1.54) is 17.8 Å². The molecule has 0 radical (unpaired) electrons. The molecule has 0 saturated heterocycles. The van der Waals surface area contributed by atoms with E-state index in [-0.39, 0.29) is 17.8 Å². The summed E-state index contributed by atoms with van der Waals surface area (Å²) in [6, 6.07) is 22.8. The predicted octanol–water partition coefficient (Wildman–Crippen LogP) is 6.19. The van der Waals surface area contributed by atoms with Gasteiger partial charge in [0.2, 0.25) is 0 Å². The fourth-order valence-corrected chi connectivity index (χ4v) is 5.40. The van der Waals surface area contributed by atoms with E-state index in [0.29, 0.717) is 6.61 Å². The van der Waals surface area contributed by atoms with Crippen molar-refractivity contribution < 1.29 is 14.2 Å². The molecule has 5 heteroatoms. The van der Waals surface area contributed by atoms with Gasteiger partial charge in [0.1, 0.15) is 18.2 Å². The van der Waals surface area contributed by atoms with Gasteiger partial charge in [-0.25, -0.2) is 4.39 Å². The summed E-state index contributed by atoms with van der Waals surface area (Å²) in [4.78, 5) is 0. The smallest absolute Gasteiger partial charge is 0.130 e. The number of aromatic nitrogens is 1. The van der Waals surface area contributed by atoms with Gasteiger partial charge in [0.15, 0.2) is 0 Å². The summed E-state index contributed by atoms with van der Waals surface area (Å²) in [7, 11) is 0. The molecule has 152 valence electrons. The molecule has 1 heterocycles. The quantitative estimate of drug-likeness (QED) is 0.323. The lowest BCUT2D eigenvalue weighted by molar-refractivity contribution is 0.0725. The second-order valence-corrected chi connectivity index (χ2v) is 8.84. The Bertz CT molecular complexity index is 1180. The summed E-state index contributed by atoms with van der Waals surface area (Å²) in [6.45, 7) is 0.495. The van der Waals surface area contributed by atoms with E-state index < -0.39 is 0 Å². The first-order chi connectivity index (χ1) is 14.6. The summed E-state index contributed by atoms with van der Waals surface area (Å²) in [6.07, 6.45) is 1.24. The summed E-state index contributed by atoms with van der Waals surface area (Å²) < 4.78 is 23.1.